The Morgan fingerprint density at radius 2 is 1.82 bits per heavy atom. The van der Waals surface area contributed by atoms with Crippen molar-refractivity contribution in [2.24, 2.45) is 0 Å². The maximum absolute atomic E-state index is 6.21. The van der Waals surface area contributed by atoms with Gasteiger partial charge in [-0.25, -0.2) is 4.98 Å². The molecular formula is C19H15ClN2. The molecule has 0 atom stereocenters. The standard InChI is InChI=1S/C19H15ClN2/c1-13-5-4-10-22-17(12-20)18(21-19(13)22)16-9-8-14-6-2-3-7-15(14)11-16/h2-11H,12H2,1H3. The van der Waals surface area contributed by atoms with Crippen molar-refractivity contribution in [2.75, 3.05) is 0 Å². The predicted octanol–water partition coefficient (Wildman–Crippen LogP) is 5.20. The van der Waals surface area contributed by atoms with Crippen molar-refractivity contribution in [1.29, 1.82) is 0 Å². The summed E-state index contributed by atoms with van der Waals surface area (Å²) in [6.07, 6.45) is 2.03. The summed E-state index contributed by atoms with van der Waals surface area (Å²) >= 11 is 6.21. The average molecular weight is 307 g/mol. The summed E-state index contributed by atoms with van der Waals surface area (Å²) in [4.78, 5) is 4.84. The van der Waals surface area contributed by atoms with E-state index in [1.54, 1.807) is 0 Å². The molecule has 0 aliphatic carbocycles. The summed E-state index contributed by atoms with van der Waals surface area (Å²) in [5.74, 6) is 0.437. The van der Waals surface area contributed by atoms with E-state index in [1.165, 1.54) is 10.8 Å². The van der Waals surface area contributed by atoms with Gasteiger partial charge in [0.1, 0.15) is 5.65 Å². The van der Waals surface area contributed by atoms with Crippen LogP contribution in [0.5, 0.6) is 0 Å². The SMILES string of the molecule is Cc1cccn2c(CCl)c(-c3ccc4ccccc4c3)nc12. The number of aromatic nitrogens is 2. The van der Waals surface area contributed by atoms with Crippen molar-refractivity contribution in [3.8, 4) is 11.3 Å². The van der Waals surface area contributed by atoms with Crippen LogP contribution in [-0.4, -0.2) is 9.38 Å². The van der Waals surface area contributed by atoms with Gasteiger partial charge in [-0.05, 0) is 35.4 Å². The largest absolute Gasteiger partial charge is 0.302 e. The van der Waals surface area contributed by atoms with Crippen molar-refractivity contribution in [1.82, 2.24) is 9.38 Å². The molecule has 2 nitrogen and oxygen atoms in total. The quantitative estimate of drug-likeness (QED) is 0.465. The molecule has 4 aromatic rings. The summed E-state index contributed by atoms with van der Waals surface area (Å²) in [5.41, 5.74) is 5.24. The van der Waals surface area contributed by atoms with Crippen LogP contribution in [0.2, 0.25) is 0 Å². The molecule has 0 unspecified atom stereocenters. The second kappa shape index (κ2) is 5.15. The van der Waals surface area contributed by atoms with Crippen LogP contribution in [0, 0.1) is 6.92 Å². The lowest BCUT2D eigenvalue weighted by molar-refractivity contribution is 1.08. The van der Waals surface area contributed by atoms with E-state index in [-0.39, 0.29) is 0 Å². The zero-order valence-electron chi connectivity index (χ0n) is 12.3. The smallest absolute Gasteiger partial charge is 0.140 e. The van der Waals surface area contributed by atoms with Gasteiger partial charge in [-0.2, -0.15) is 0 Å². The Kier molecular flexibility index (Phi) is 3.12. The molecule has 0 saturated heterocycles. The number of hydrogen-bond acceptors (Lipinski definition) is 1. The van der Waals surface area contributed by atoms with Crippen molar-refractivity contribution in [3.63, 3.8) is 0 Å². The number of halogens is 1. The highest BCUT2D eigenvalue weighted by molar-refractivity contribution is 6.17. The van der Waals surface area contributed by atoms with Crippen LogP contribution in [0.3, 0.4) is 0 Å². The monoisotopic (exact) mass is 306 g/mol. The minimum absolute atomic E-state index is 0.437. The second-order valence-corrected chi connectivity index (χ2v) is 5.75. The van der Waals surface area contributed by atoms with Gasteiger partial charge in [-0.3, -0.25) is 0 Å². The molecule has 22 heavy (non-hydrogen) atoms. The van der Waals surface area contributed by atoms with E-state index in [9.17, 15) is 0 Å². The molecule has 0 saturated carbocycles. The minimum Gasteiger partial charge on any atom is -0.302 e. The first-order valence-corrected chi connectivity index (χ1v) is 7.83. The normalized spacial score (nSPS) is 11.4. The van der Waals surface area contributed by atoms with Crippen molar-refractivity contribution in [2.45, 2.75) is 12.8 Å². The minimum atomic E-state index is 0.437. The Balaban J connectivity index is 2.01. The number of imidazole rings is 1. The lowest BCUT2D eigenvalue weighted by Gasteiger charge is -2.04. The van der Waals surface area contributed by atoms with Crippen molar-refractivity contribution in [3.05, 3.63) is 72.1 Å². The molecule has 2 heterocycles. The van der Waals surface area contributed by atoms with Gasteiger partial charge >= 0.3 is 0 Å². The number of rotatable bonds is 2. The van der Waals surface area contributed by atoms with Gasteiger partial charge in [0, 0.05) is 11.8 Å². The predicted molar refractivity (Wildman–Crippen MR) is 92.4 cm³/mol. The van der Waals surface area contributed by atoms with Crippen LogP contribution >= 0.6 is 11.6 Å². The van der Waals surface area contributed by atoms with Crippen LogP contribution in [0.15, 0.2) is 60.8 Å². The molecule has 108 valence electrons. The zero-order valence-corrected chi connectivity index (χ0v) is 13.0. The van der Waals surface area contributed by atoms with Gasteiger partial charge in [0.25, 0.3) is 0 Å². The third kappa shape index (κ3) is 1.99. The highest BCUT2D eigenvalue weighted by atomic mass is 35.5. The highest BCUT2D eigenvalue weighted by Crippen LogP contribution is 2.29. The van der Waals surface area contributed by atoms with Gasteiger partial charge in [-0.1, -0.05) is 42.5 Å². The van der Waals surface area contributed by atoms with Gasteiger partial charge in [0.2, 0.25) is 0 Å². The fourth-order valence-corrected chi connectivity index (χ4v) is 3.20. The van der Waals surface area contributed by atoms with Crippen LogP contribution in [0.4, 0.5) is 0 Å². The Hall–Kier alpha value is -2.32. The third-order valence-corrected chi connectivity index (χ3v) is 4.35. The van der Waals surface area contributed by atoms with Gasteiger partial charge in [-0.15, -0.1) is 11.6 Å². The zero-order chi connectivity index (χ0) is 15.1. The Morgan fingerprint density at radius 1 is 1.00 bits per heavy atom. The Labute approximate surface area is 134 Å². The molecule has 0 radical (unpaired) electrons. The van der Waals surface area contributed by atoms with Crippen LogP contribution < -0.4 is 0 Å². The summed E-state index contributed by atoms with van der Waals surface area (Å²) in [6.45, 7) is 2.07. The summed E-state index contributed by atoms with van der Waals surface area (Å²) in [5, 5.41) is 2.45. The fraction of sp³-hybridized carbons (Fsp3) is 0.105. The van der Waals surface area contributed by atoms with Crippen LogP contribution in [-0.2, 0) is 5.88 Å². The van der Waals surface area contributed by atoms with Crippen LogP contribution in [0.25, 0.3) is 27.7 Å². The average Bonchev–Trinajstić information content (AvgIpc) is 2.94. The van der Waals surface area contributed by atoms with Crippen molar-refractivity contribution >= 4 is 28.0 Å². The first kappa shape index (κ1) is 13.4. The fourth-order valence-electron chi connectivity index (χ4n) is 2.95. The van der Waals surface area contributed by atoms with Gasteiger partial charge in [0.05, 0.1) is 17.3 Å². The molecular weight excluding hydrogens is 292 g/mol. The van der Waals surface area contributed by atoms with E-state index in [1.807, 2.05) is 12.3 Å². The van der Waals surface area contributed by atoms with E-state index >= 15 is 0 Å². The van der Waals surface area contributed by atoms with Gasteiger partial charge in [0.15, 0.2) is 0 Å². The number of alkyl halides is 1. The first-order chi connectivity index (χ1) is 10.8. The lowest BCUT2D eigenvalue weighted by Crippen LogP contribution is -1.92. The van der Waals surface area contributed by atoms with Crippen LogP contribution in [0.1, 0.15) is 11.3 Å². The number of pyridine rings is 1. The molecule has 2 aromatic heterocycles. The molecule has 0 aliphatic rings. The molecule has 4 rings (SSSR count). The maximum atomic E-state index is 6.21. The Bertz CT molecular complexity index is 985. The Morgan fingerprint density at radius 3 is 2.64 bits per heavy atom. The molecule has 0 aliphatic heterocycles. The first-order valence-electron chi connectivity index (χ1n) is 7.29. The lowest BCUT2D eigenvalue weighted by atomic mass is 10.0. The highest BCUT2D eigenvalue weighted by Gasteiger charge is 2.14. The van der Waals surface area contributed by atoms with E-state index in [2.05, 4.69) is 59.9 Å². The van der Waals surface area contributed by atoms with E-state index in [0.717, 1.165) is 28.2 Å². The van der Waals surface area contributed by atoms with E-state index in [4.69, 9.17) is 16.6 Å². The number of nitrogens with zero attached hydrogens (tertiary/aromatic N) is 2. The number of fused-ring (bicyclic) bond motifs is 2. The summed E-state index contributed by atoms with van der Waals surface area (Å²) in [7, 11) is 0. The second-order valence-electron chi connectivity index (χ2n) is 5.49. The number of benzene rings is 2. The molecule has 0 spiro atoms. The molecule has 0 fully saturated rings. The van der Waals surface area contributed by atoms with Gasteiger partial charge < -0.3 is 4.40 Å². The maximum Gasteiger partial charge on any atom is 0.140 e. The summed E-state index contributed by atoms with van der Waals surface area (Å²) < 4.78 is 2.09. The molecule has 3 heteroatoms. The number of hydrogen-bond donors (Lipinski definition) is 0. The summed E-state index contributed by atoms with van der Waals surface area (Å²) in [6, 6.07) is 18.9. The van der Waals surface area contributed by atoms with E-state index < -0.39 is 0 Å². The molecule has 0 N–H and O–H groups in total. The van der Waals surface area contributed by atoms with Crippen molar-refractivity contribution < 1.29 is 0 Å². The molecule has 0 bridgehead atoms. The molecule has 2 aromatic carbocycles. The van der Waals surface area contributed by atoms with E-state index in [0.29, 0.717) is 5.88 Å². The molecule has 0 amide bonds. The topological polar surface area (TPSA) is 17.3 Å². The number of aryl methyl sites for hydroxylation is 1. The third-order valence-electron chi connectivity index (χ3n) is 4.09.